The molecule has 19 heavy (non-hydrogen) atoms. The van der Waals surface area contributed by atoms with Gasteiger partial charge in [0, 0.05) is 24.5 Å². The maximum absolute atomic E-state index is 5.58. The third-order valence-corrected chi connectivity index (χ3v) is 3.01. The summed E-state index contributed by atoms with van der Waals surface area (Å²) in [5.74, 6) is 0.936. The van der Waals surface area contributed by atoms with Crippen LogP contribution in [0.2, 0.25) is 0 Å². The summed E-state index contributed by atoms with van der Waals surface area (Å²) in [6.07, 6.45) is 2.80. The van der Waals surface area contributed by atoms with Crippen molar-refractivity contribution in [1.82, 2.24) is 15.5 Å². The lowest BCUT2D eigenvalue weighted by molar-refractivity contribution is 0.317. The molecule has 102 valence electrons. The Kier molecular flexibility index (Phi) is 4.98. The SMILES string of the molecule is CCCOc1ccc(C(C)NCc2ccn[nH]2)cc1. The first kappa shape index (κ1) is 13.6. The molecule has 4 nitrogen and oxygen atoms in total. The monoisotopic (exact) mass is 259 g/mol. The predicted molar refractivity (Wildman–Crippen MR) is 76.1 cm³/mol. The van der Waals surface area contributed by atoms with Crippen LogP contribution in [-0.2, 0) is 6.54 Å². The van der Waals surface area contributed by atoms with Crippen LogP contribution in [0, 0.1) is 0 Å². The standard InChI is InChI=1S/C15H21N3O/c1-3-10-19-15-6-4-13(5-7-15)12(2)16-11-14-8-9-17-18-14/h4-9,12,16H,3,10-11H2,1-2H3,(H,17,18). The van der Waals surface area contributed by atoms with E-state index in [4.69, 9.17) is 4.74 Å². The molecule has 1 unspecified atom stereocenters. The molecule has 2 rings (SSSR count). The Morgan fingerprint density at radius 1 is 1.26 bits per heavy atom. The highest BCUT2D eigenvalue weighted by Gasteiger charge is 2.05. The van der Waals surface area contributed by atoms with Crippen molar-refractivity contribution in [3.8, 4) is 5.75 Å². The van der Waals surface area contributed by atoms with Crippen LogP contribution in [0.4, 0.5) is 0 Å². The minimum atomic E-state index is 0.295. The Morgan fingerprint density at radius 3 is 2.68 bits per heavy atom. The number of nitrogens with one attached hydrogen (secondary N) is 2. The van der Waals surface area contributed by atoms with Crippen molar-refractivity contribution in [3.05, 3.63) is 47.8 Å². The van der Waals surface area contributed by atoms with Crippen LogP contribution >= 0.6 is 0 Å². The van der Waals surface area contributed by atoms with Crippen molar-refractivity contribution in [1.29, 1.82) is 0 Å². The number of hydrogen-bond acceptors (Lipinski definition) is 3. The highest BCUT2D eigenvalue weighted by Crippen LogP contribution is 2.18. The van der Waals surface area contributed by atoms with E-state index >= 15 is 0 Å². The van der Waals surface area contributed by atoms with Gasteiger partial charge in [0.1, 0.15) is 5.75 Å². The normalized spacial score (nSPS) is 12.3. The lowest BCUT2D eigenvalue weighted by Gasteiger charge is -2.14. The van der Waals surface area contributed by atoms with Crippen molar-refractivity contribution >= 4 is 0 Å². The lowest BCUT2D eigenvalue weighted by atomic mass is 10.1. The van der Waals surface area contributed by atoms with Crippen LogP contribution in [0.1, 0.15) is 37.6 Å². The first-order valence-electron chi connectivity index (χ1n) is 6.74. The third kappa shape index (κ3) is 4.10. The predicted octanol–water partition coefficient (Wildman–Crippen LogP) is 3.05. The molecule has 1 atom stereocenters. The van der Waals surface area contributed by atoms with E-state index in [0.29, 0.717) is 6.04 Å². The molecule has 0 aliphatic rings. The zero-order chi connectivity index (χ0) is 13.5. The first-order chi connectivity index (χ1) is 9.29. The van der Waals surface area contributed by atoms with Gasteiger partial charge < -0.3 is 10.1 Å². The number of aromatic amines is 1. The van der Waals surface area contributed by atoms with Crippen molar-refractivity contribution < 1.29 is 4.74 Å². The molecule has 1 aromatic heterocycles. The second-order valence-electron chi connectivity index (χ2n) is 4.60. The molecule has 0 fully saturated rings. The topological polar surface area (TPSA) is 49.9 Å². The lowest BCUT2D eigenvalue weighted by Crippen LogP contribution is -2.18. The van der Waals surface area contributed by atoms with Crippen molar-refractivity contribution in [2.45, 2.75) is 32.9 Å². The second kappa shape index (κ2) is 6.95. The molecule has 0 amide bonds. The molecule has 0 saturated heterocycles. The summed E-state index contributed by atoms with van der Waals surface area (Å²) in [6.45, 7) is 5.82. The summed E-state index contributed by atoms with van der Waals surface area (Å²) < 4.78 is 5.58. The summed E-state index contributed by atoms with van der Waals surface area (Å²) in [5.41, 5.74) is 2.35. The van der Waals surface area contributed by atoms with Crippen LogP contribution in [-0.4, -0.2) is 16.8 Å². The summed E-state index contributed by atoms with van der Waals surface area (Å²) in [6, 6.07) is 10.5. The molecule has 0 aliphatic carbocycles. The van der Waals surface area contributed by atoms with Gasteiger partial charge in [-0.25, -0.2) is 0 Å². The van der Waals surface area contributed by atoms with E-state index in [-0.39, 0.29) is 0 Å². The summed E-state index contributed by atoms with van der Waals surface area (Å²) in [5, 5.41) is 10.3. The fourth-order valence-corrected chi connectivity index (χ4v) is 1.84. The molecule has 2 N–H and O–H groups in total. The number of aromatic nitrogens is 2. The van der Waals surface area contributed by atoms with Crippen LogP contribution in [0.3, 0.4) is 0 Å². The second-order valence-corrected chi connectivity index (χ2v) is 4.60. The third-order valence-electron chi connectivity index (χ3n) is 3.01. The van der Waals surface area contributed by atoms with E-state index < -0.39 is 0 Å². The van der Waals surface area contributed by atoms with E-state index in [2.05, 4.69) is 41.5 Å². The quantitative estimate of drug-likeness (QED) is 0.803. The van der Waals surface area contributed by atoms with Gasteiger partial charge in [0.15, 0.2) is 0 Å². The Morgan fingerprint density at radius 2 is 2.05 bits per heavy atom. The average Bonchev–Trinajstić information content (AvgIpc) is 2.96. The van der Waals surface area contributed by atoms with Crippen molar-refractivity contribution in [3.63, 3.8) is 0 Å². The van der Waals surface area contributed by atoms with Gasteiger partial charge in [-0.15, -0.1) is 0 Å². The van der Waals surface area contributed by atoms with E-state index in [1.54, 1.807) is 6.20 Å². The zero-order valence-corrected chi connectivity index (χ0v) is 11.5. The Hall–Kier alpha value is -1.81. The number of hydrogen-bond donors (Lipinski definition) is 2. The van der Waals surface area contributed by atoms with Crippen LogP contribution in [0.25, 0.3) is 0 Å². The van der Waals surface area contributed by atoms with Gasteiger partial charge >= 0.3 is 0 Å². The summed E-state index contributed by atoms with van der Waals surface area (Å²) in [4.78, 5) is 0. The van der Waals surface area contributed by atoms with E-state index in [0.717, 1.165) is 31.0 Å². The summed E-state index contributed by atoms with van der Waals surface area (Å²) >= 11 is 0. The fourth-order valence-electron chi connectivity index (χ4n) is 1.84. The Balaban J connectivity index is 1.86. The highest BCUT2D eigenvalue weighted by atomic mass is 16.5. The molecule has 1 aromatic carbocycles. The van der Waals surface area contributed by atoms with Crippen LogP contribution < -0.4 is 10.1 Å². The Bertz CT molecular complexity index is 465. The van der Waals surface area contributed by atoms with Gasteiger partial charge in [-0.05, 0) is 37.1 Å². The van der Waals surface area contributed by atoms with Gasteiger partial charge in [-0.3, -0.25) is 5.10 Å². The number of rotatable bonds is 7. The van der Waals surface area contributed by atoms with Gasteiger partial charge in [-0.2, -0.15) is 5.10 Å². The van der Waals surface area contributed by atoms with Gasteiger partial charge in [0.05, 0.1) is 6.61 Å². The average molecular weight is 259 g/mol. The van der Waals surface area contributed by atoms with Gasteiger partial charge in [-0.1, -0.05) is 19.1 Å². The maximum atomic E-state index is 5.58. The molecular formula is C15H21N3O. The van der Waals surface area contributed by atoms with E-state index in [1.807, 2.05) is 18.2 Å². The largest absolute Gasteiger partial charge is 0.494 e. The molecule has 1 heterocycles. The molecular weight excluding hydrogens is 238 g/mol. The van der Waals surface area contributed by atoms with Crippen LogP contribution in [0.5, 0.6) is 5.75 Å². The molecule has 2 aromatic rings. The number of H-pyrrole nitrogens is 1. The molecule has 0 radical (unpaired) electrons. The Labute approximate surface area is 114 Å². The number of nitrogens with zero attached hydrogens (tertiary/aromatic N) is 1. The van der Waals surface area contributed by atoms with E-state index in [1.165, 1.54) is 5.56 Å². The smallest absolute Gasteiger partial charge is 0.119 e. The van der Waals surface area contributed by atoms with Crippen LogP contribution in [0.15, 0.2) is 36.5 Å². The first-order valence-corrected chi connectivity index (χ1v) is 6.74. The molecule has 4 heteroatoms. The minimum Gasteiger partial charge on any atom is -0.494 e. The molecule has 0 bridgehead atoms. The van der Waals surface area contributed by atoms with E-state index in [9.17, 15) is 0 Å². The van der Waals surface area contributed by atoms with Gasteiger partial charge in [0.25, 0.3) is 0 Å². The molecule has 0 saturated carbocycles. The number of ether oxygens (including phenoxy) is 1. The van der Waals surface area contributed by atoms with Crippen molar-refractivity contribution in [2.24, 2.45) is 0 Å². The minimum absolute atomic E-state index is 0.295. The van der Waals surface area contributed by atoms with Gasteiger partial charge in [0.2, 0.25) is 0 Å². The molecule has 0 aliphatic heterocycles. The van der Waals surface area contributed by atoms with Crippen molar-refractivity contribution in [2.75, 3.05) is 6.61 Å². The highest BCUT2D eigenvalue weighted by molar-refractivity contribution is 5.29. The number of benzene rings is 1. The summed E-state index contributed by atoms with van der Waals surface area (Å²) in [7, 11) is 0. The maximum Gasteiger partial charge on any atom is 0.119 e. The molecule has 0 spiro atoms. The fraction of sp³-hybridized carbons (Fsp3) is 0.400. The zero-order valence-electron chi connectivity index (χ0n) is 11.5.